The Morgan fingerprint density at radius 3 is 2.13 bits per heavy atom. The summed E-state index contributed by atoms with van der Waals surface area (Å²) in [7, 11) is 0. The van der Waals surface area contributed by atoms with Gasteiger partial charge in [0.1, 0.15) is 6.54 Å². The van der Waals surface area contributed by atoms with Crippen molar-refractivity contribution >= 4 is 35.1 Å². The van der Waals surface area contributed by atoms with E-state index in [9.17, 15) is 19.2 Å². The van der Waals surface area contributed by atoms with Crippen LogP contribution in [0.5, 0.6) is 0 Å². The second-order valence-electron chi connectivity index (χ2n) is 8.28. The lowest BCUT2D eigenvalue weighted by molar-refractivity contribution is -0.144. The maximum absolute atomic E-state index is 12.6. The van der Waals surface area contributed by atoms with Crippen molar-refractivity contribution in [3.05, 3.63) is 24.3 Å². The number of amides is 5. The van der Waals surface area contributed by atoms with Crippen LogP contribution in [0.25, 0.3) is 0 Å². The Morgan fingerprint density at radius 2 is 1.50 bits per heavy atom. The monoisotopic (exact) mass is 412 g/mol. The van der Waals surface area contributed by atoms with Crippen LogP contribution in [-0.4, -0.2) is 59.2 Å². The van der Waals surface area contributed by atoms with Gasteiger partial charge in [0.15, 0.2) is 0 Å². The van der Waals surface area contributed by atoms with Gasteiger partial charge in [-0.25, -0.2) is 9.69 Å². The molecule has 30 heavy (non-hydrogen) atoms. The van der Waals surface area contributed by atoms with Crippen molar-refractivity contribution in [1.29, 1.82) is 0 Å². The molecule has 0 unspecified atom stereocenters. The van der Waals surface area contributed by atoms with Crippen molar-refractivity contribution in [3.8, 4) is 0 Å². The molecule has 5 amide bonds. The van der Waals surface area contributed by atoms with Gasteiger partial charge in [-0.15, -0.1) is 0 Å². The highest BCUT2D eigenvalue weighted by Gasteiger charge is 2.48. The van der Waals surface area contributed by atoms with Crippen molar-refractivity contribution < 1.29 is 19.2 Å². The molecule has 0 aromatic heterocycles. The van der Waals surface area contributed by atoms with Crippen molar-refractivity contribution in [2.45, 2.75) is 57.4 Å². The van der Waals surface area contributed by atoms with E-state index in [0.29, 0.717) is 18.5 Å². The Morgan fingerprint density at radius 1 is 0.867 bits per heavy atom. The standard InChI is InChI=1S/C22H28N4O4/c27-19(15-25-20(28)21(29)26(22(25)30)18-7-3-4-8-18)23-16-9-11-17(12-10-16)24-13-5-1-2-6-14-24/h9-12,18H,1-8,13-15H2,(H,23,27). The number of anilines is 2. The molecule has 0 radical (unpaired) electrons. The smallest absolute Gasteiger partial charge is 0.334 e. The molecule has 0 spiro atoms. The van der Waals surface area contributed by atoms with Gasteiger partial charge in [0.2, 0.25) is 5.91 Å². The van der Waals surface area contributed by atoms with E-state index in [-0.39, 0.29) is 6.04 Å². The minimum Gasteiger partial charge on any atom is -0.372 e. The third-order valence-electron chi connectivity index (χ3n) is 6.20. The predicted octanol–water partition coefficient (Wildman–Crippen LogP) is 2.74. The molecule has 8 nitrogen and oxygen atoms in total. The van der Waals surface area contributed by atoms with E-state index < -0.39 is 30.3 Å². The normalized spacial score (nSPS) is 20.8. The van der Waals surface area contributed by atoms with Crippen molar-refractivity contribution in [2.75, 3.05) is 29.9 Å². The Bertz CT molecular complexity index is 824. The van der Waals surface area contributed by atoms with E-state index in [4.69, 9.17) is 0 Å². The number of imide groups is 2. The van der Waals surface area contributed by atoms with E-state index >= 15 is 0 Å². The van der Waals surface area contributed by atoms with Gasteiger partial charge in [-0.2, -0.15) is 0 Å². The SMILES string of the molecule is O=C(CN1C(=O)C(=O)N(C2CCCC2)C1=O)Nc1ccc(N2CCCCCC2)cc1. The van der Waals surface area contributed by atoms with Crippen LogP contribution < -0.4 is 10.2 Å². The predicted molar refractivity (Wildman–Crippen MR) is 112 cm³/mol. The van der Waals surface area contributed by atoms with E-state index in [0.717, 1.165) is 41.4 Å². The number of rotatable bonds is 5. The first-order valence-electron chi connectivity index (χ1n) is 10.9. The molecule has 2 heterocycles. The molecule has 160 valence electrons. The Kier molecular flexibility index (Phi) is 6.01. The number of urea groups is 1. The van der Waals surface area contributed by atoms with Crippen LogP contribution >= 0.6 is 0 Å². The lowest BCUT2D eigenvalue weighted by atomic mass is 10.2. The third-order valence-corrected chi connectivity index (χ3v) is 6.20. The topological polar surface area (TPSA) is 90.0 Å². The molecule has 4 rings (SSSR count). The van der Waals surface area contributed by atoms with Crippen LogP contribution in [0.1, 0.15) is 51.4 Å². The highest BCUT2D eigenvalue weighted by atomic mass is 16.2. The van der Waals surface area contributed by atoms with Gasteiger partial charge >= 0.3 is 17.8 Å². The molecule has 1 N–H and O–H groups in total. The van der Waals surface area contributed by atoms with Crippen molar-refractivity contribution in [3.63, 3.8) is 0 Å². The zero-order valence-electron chi connectivity index (χ0n) is 17.1. The van der Waals surface area contributed by atoms with Gasteiger partial charge in [-0.3, -0.25) is 19.3 Å². The van der Waals surface area contributed by atoms with E-state index in [1.165, 1.54) is 25.7 Å². The summed E-state index contributed by atoms with van der Waals surface area (Å²) in [6, 6.07) is 6.68. The number of carbonyl (C=O) groups excluding carboxylic acids is 4. The average Bonchev–Trinajstić information content (AvgIpc) is 3.21. The van der Waals surface area contributed by atoms with Gasteiger partial charge in [0.25, 0.3) is 0 Å². The fraction of sp³-hybridized carbons (Fsp3) is 0.545. The molecular formula is C22H28N4O4. The summed E-state index contributed by atoms with van der Waals surface area (Å²) >= 11 is 0. The first-order chi connectivity index (χ1) is 14.5. The van der Waals surface area contributed by atoms with E-state index in [1.807, 2.05) is 24.3 Å². The Labute approximate surface area is 176 Å². The molecule has 1 aromatic carbocycles. The summed E-state index contributed by atoms with van der Waals surface area (Å²) in [5.41, 5.74) is 1.72. The molecule has 0 atom stereocenters. The molecular weight excluding hydrogens is 384 g/mol. The molecule has 3 fully saturated rings. The molecule has 8 heteroatoms. The number of nitrogens with one attached hydrogen (secondary N) is 1. The average molecular weight is 412 g/mol. The summed E-state index contributed by atoms with van der Waals surface area (Å²) in [6.45, 7) is 1.62. The fourth-order valence-corrected chi connectivity index (χ4v) is 4.57. The molecule has 1 aliphatic carbocycles. The number of benzene rings is 1. The quantitative estimate of drug-likeness (QED) is 0.593. The molecule has 1 aromatic rings. The van der Waals surface area contributed by atoms with Crippen molar-refractivity contribution in [2.24, 2.45) is 0 Å². The largest absolute Gasteiger partial charge is 0.372 e. The van der Waals surface area contributed by atoms with Gasteiger partial charge in [0, 0.05) is 30.5 Å². The van der Waals surface area contributed by atoms with Crippen molar-refractivity contribution in [1.82, 2.24) is 9.80 Å². The minimum atomic E-state index is -0.918. The zero-order chi connectivity index (χ0) is 21.1. The Hall–Kier alpha value is -2.90. The first kappa shape index (κ1) is 20.4. The Balaban J connectivity index is 1.35. The summed E-state index contributed by atoms with van der Waals surface area (Å²) in [6.07, 6.45) is 8.20. The van der Waals surface area contributed by atoms with Crippen LogP contribution in [0.3, 0.4) is 0 Å². The summed E-state index contributed by atoms with van der Waals surface area (Å²) in [4.78, 5) is 53.6. The fourth-order valence-electron chi connectivity index (χ4n) is 4.57. The van der Waals surface area contributed by atoms with Gasteiger partial charge in [0.05, 0.1) is 0 Å². The zero-order valence-corrected chi connectivity index (χ0v) is 17.1. The second kappa shape index (κ2) is 8.85. The summed E-state index contributed by atoms with van der Waals surface area (Å²) < 4.78 is 0. The summed E-state index contributed by atoms with van der Waals surface area (Å²) in [5, 5.41) is 2.72. The number of nitrogens with zero attached hydrogens (tertiary/aromatic N) is 3. The van der Waals surface area contributed by atoms with Gasteiger partial charge in [-0.1, -0.05) is 25.7 Å². The van der Waals surface area contributed by atoms with E-state index in [1.54, 1.807) is 0 Å². The second-order valence-corrected chi connectivity index (χ2v) is 8.28. The lowest BCUT2D eigenvalue weighted by Gasteiger charge is -2.23. The molecule has 2 aliphatic heterocycles. The first-order valence-corrected chi connectivity index (χ1v) is 10.9. The summed E-state index contributed by atoms with van der Waals surface area (Å²) in [5.74, 6) is -2.24. The third kappa shape index (κ3) is 4.17. The number of carbonyl (C=O) groups is 4. The van der Waals surface area contributed by atoms with Gasteiger partial charge in [-0.05, 0) is 49.9 Å². The molecule has 2 saturated heterocycles. The number of hydrogen-bond acceptors (Lipinski definition) is 5. The highest BCUT2D eigenvalue weighted by Crippen LogP contribution is 2.28. The lowest BCUT2D eigenvalue weighted by Crippen LogP contribution is -2.41. The van der Waals surface area contributed by atoms with Gasteiger partial charge < -0.3 is 10.2 Å². The molecule has 1 saturated carbocycles. The minimum absolute atomic E-state index is 0.228. The van der Waals surface area contributed by atoms with Crippen LogP contribution in [0.2, 0.25) is 0 Å². The molecule has 3 aliphatic rings. The molecule has 0 bridgehead atoms. The maximum atomic E-state index is 12.6. The van der Waals surface area contributed by atoms with Crippen LogP contribution in [0, 0.1) is 0 Å². The van der Waals surface area contributed by atoms with Crippen LogP contribution in [0.15, 0.2) is 24.3 Å². The van der Waals surface area contributed by atoms with E-state index in [2.05, 4.69) is 10.2 Å². The maximum Gasteiger partial charge on any atom is 0.334 e. The van der Waals surface area contributed by atoms with Crippen LogP contribution in [0.4, 0.5) is 16.2 Å². The number of hydrogen-bond donors (Lipinski definition) is 1. The van der Waals surface area contributed by atoms with Crippen LogP contribution in [-0.2, 0) is 14.4 Å². The highest BCUT2D eigenvalue weighted by molar-refractivity contribution is 6.45.